The summed E-state index contributed by atoms with van der Waals surface area (Å²) in [6.07, 6.45) is 4.65. The van der Waals surface area contributed by atoms with E-state index in [9.17, 15) is 14.4 Å². The molecule has 0 unspecified atom stereocenters. The van der Waals surface area contributed by atoms with Crippen LogP contribution in [0, 0.1) is 6.92 Å². The van der Waals surface area contributed by atoms with Crippen LogP contribution >= 0.6 is 0 Å². The van der Waals surface area contributed by atoms with Crippen LogP contribution in [-0.4, -0.2) is 62.7 Å². The van der Waals surface area contributed by atoms with Crippen LogP contribution in [0.5, 0.6) is 5.75 Å². The Kier molecular flexibility index (Phi) is 8.38. The molecule has 11 nitrogen and oxygen atoms in total. The van der Waals surface area contributed by atoms with Gasteiger partial charge in [-0.05, 0) is 32.0 Å². The zero-order valence-corrected chi connectivity index (χ0v) is 19.4. The number of benzene rings is 1. The van der Waals surface area contributed by atoms with Gasteiger partial charge in [-0.15, -0.1) is 0 Å². The van der Waals surface area contributed by atoms with Crippen LogP contribution in [-0.2, 0) is 16.1 Å². The molecule has 2 amide bonds. The van der Waals surface area contributed by atoms with Gasteiger partial charge in [-0.2, -0.15) is 5.10 Å². The summed E-state index contributed by atoms with van der Waals surface area (Å²) in [7, 11) is 1.72. The zero-order chi connectivity index (χ0) is 24.5. The number of aromatic nitrogens is 4. The molecule has 2 aromatic heterocycles. The summed E-state index contributed by atoms with van der Waals surface area (Å²) < 4.78 is 7.24. The number of hydrogen-bond acceptors (Lipinski definition) is 7. The van der Waals surface area contributed by atoms with Crippen molar-refractivity contribution in [3.8, 4) is 5.75 Å². The molecule has 0 aliphatic heterocycles. The van der Waals surface area contributed by atoms with Crippen LogP contribution < -0.4 is 21.1 Å². The Morgan fingerprint density at radius 2 is 2.00 bits per heavy atom. The smallest absolute Gasteiger partial charge is 0.346 e. The van der Waals surface area contributed by atoms with Gasteiger partial charge >= 0.3 is 5.69 Å². The maximum Gasteiger partial charge on any atom is 0.346 e. The van der Waals surface area contributed by atoms with Crippen molar-refractivity contribution in [2.45, 2.75) is 32.9 Å². The standard InChI is InChI=1S/C23H29N7O4/c1-16-4-6-19(7-5-16)34-15-17(2)29(3)22(32)14-30-13-18(12-26-30)27-21(31)9-11-24-20-8-10-25-23(33)28-20/h4-8,10,12-13,17H,9,11,14-15H2,1-3H3,(H,27,31)(H2,24,25,28,33)/t17-/m1/s1. The predicted octanol–water partition coefficient (Wildman–Crippen LogP) is 1.64. The highest BCUT2D eigenvalue weighted by molar-refractivity contribution is 5.90. The van der Waals surface area contributed by atoms with E-state index in [4.69, 9.17) is 4.74 Å². The minimum Gasteiger partial charge on any atom is -0.491 e. The Balaban J connectivity index is 1.41. The fraction of sp³-hybridized carbons (Fsp3) is 0.348. The number of carbonyl (C=O) groups excluding carboxylic acids is 2. The third-order valence-corrected chi connectivity index (χ3v) is 5.12. The van der Waals surface area contributed by atoms with E-state index in [1.807, 2.05) is 38.1 Å². The number of carbonyl (C=O) groups is 2. The molecular weight excluding hydrogens is 438 g/mol. The molecule has 0 saturated heterocycles. The molecule has 0 aliphatic rings. The minimum absolute atomic E-state index is 0.0399. The minimum atomic E-state index is -0.463. The van der Waals surface area contributed by atoms with E-state index in [1.54, 1.807) is 24.2 Å². The molecular formula is C23H29N7O4. The topological polar surface area (TPSA) is 134 Å². The maximum absolute atomic E-state index is 12.6. The highest BCUT2D eigenvalue weighted by atomic mass is 16.5. The summed E-state index contributed by atoms with van der Waals surface area (Å²) >= 11 is 0. The number of amides is 2. The maximum atomic E-state index is 12.6. The lowest BCUT2D eigenvalue weighted by Gasteiger charge is -2.25. The highest BCUT2D eigenvalue weighted by Gasteiger charge is 2.17. The first-order chi connectivity index (χ1) is 16.3. The van der Waals surface area contributed by atoms with E-state index in [-0.39, 0.29) is 30.8 Å². The second-order valence-corrected chi connectivity index (χ2v) is 7.92. The number of nitrogens with zero attached hydrogens (tertiary/aromatic N) is 4. The molecule has 3 N–H and O–H groups in total. The van der Waals surface area contributed by atoms with Crippen LogP contribution in [0.15, 0.2) is 53.7 Å². The van der Waals surface area contributed by atoms with Gasteiger partial charge in [0.1, 0.15) is 24.7 Å². The van der Waals surface area contributed by atoms with E-state index in [1.165, 1.54) is 17.1 Å². The molecule has 34 heavy (non-hydrogen) atoms. The molecule has 3 rings (SSSR count). The van der Waals surface area contributed by atoms with Crippen LogP contribution in [0.1, 0.15) is 18.9 Å². The van der Waals surface area contributed by atoms with Gasteiger partial charge in [0.2, 0.25) is 11.8 Å². The molecule has 0 radical (unpaired) electrons. The lowest BCUT2D eigenvalue weighted by atomic mass is 10.2. The summed E-state index contributed by atoms with van der Waals surface area (Å²) in [5.41, 5.74) is 1.19. The van der Waals surface area contributed by atoms with E-state index in [2.05, 4.69) is 25.7 Å². The summed E-state index contributed by atoms with van der Waals surface area (Å²) in [5.74, 6) is 0.891. The van der Waals surface area contributed by atoms with Crippen molar-refractivity contribution in [3.63, 3.8) is 0 Å². The van der Waals surface area contributed by atoms with E-state index in [0.29, 0.717) is 24.7 Å². The van der Waals surface area contributed by atoms with Crippen molar-refractivity contribution in [2.75, 3.05) is 30.8 Å². The van der Waals surface area contributed by atoms with Gasteiger partial charge in [0.25, 0.3) is 0 Å². The molecule has 0 aliphatic carbocycles. The van der Waals surface area contributed by atoms with Crippen molar-refractivity contribution in [3.05, 3.63) is 65.0 Å². The summed E-state index contributed by atoms with van der Waals surface area (Å²) in [6.45, 7) is 4.66. The van der Waals surface area contributed by atoms with Crippen molar-refractivity contribution in [1.82, 2.24) is 24.6 Å². The fourth-order valence-electron chi connectivity index (χ4n) is 2.98. The zero-order valence-electron chi connectivity index (χ0n) is 19.4. The van der Waals surface area contributed by atoms with E-state index < -0.39 is 5.69 Å². The number of rotatable bonds is 11. The van der Waals surface area contributed by atoms with E-state index in [0.717, 1.165) is 11.3 Å². The molecule has 2 heterocycles. The Hall–Kier alpha value is -4.15. The molecule has 0 bridgehead atoms. The molecule has 180 valence electrons. The number of anilines is 2. The first kappa shape index (κ1) is 24.5. The number of aromatic amines is 1. The molecule has 0 saturated carbocycles. The largest absolute Gasteiger partial charge is 0.491 e. The Labute approximate surface area is 197 Å². The Morgan fingerprint density at radius 3 is 2.74 bits per heavy atom. The second-order valence-electron chi connectivity index (χ2n) is 7.92. The lowest BCUT2D eigenvalue weighted by molar-refractivity contribution is -0.133. The fourth-order valence-corrected chi connectivity index (χ4v) is 2.98. The molecule has 0 spiro atoms. The first-order valence-corrected chi connectivity index (χ1v) is 10.9. The van der Waals surface area contributed by atoms with Gasteiger partial charge in [-0.3, -0.25) is 19.3 Å². The number of nitrogens with one attached hydrogen (secondary N) is 3. The number of H-pyrrole nitrogens is 1. The monoisotopic (exact) mass is 467 g/mol. The Morgan fingerprint density at radius 1 is 1.24 bits per heavy atom. The number of aryl methyl sites for hydroxylation is 1. The number of hydrogen-bond donors (Lipinski definition) is 3. The van der Waals surface area contributed by atoms with Crippen molar-refractivity contribution >= 4 is 23.3 Å². The van der Waals surface area contributed by atoms with Crippen LogP contribution in [0.2, 0.25) is 0 Å². The van der Waals surface area contributed by atoms with Crippen LogP contribution in [0.25, 0.3) is 0 Å². The average Bonchev–Trinajstić information content (AvgIpc) is 3.24. The Bertz CT molecular complexity index is 1160. The lowest BCUT2D eigenvalue weighted by Crippen LogP contribution is -2.40. The molecule has 11 heteroatoms. The number of ether oxygens (including phenoxy) is 1. The van der Waals surface area contributed by atoms with Crippen molar-refractivity contribution in [1.29, 1.82) is 0 Å². The third kappa shape index (κ3) is 7.47. The molecule has 0 fully saturated rings. The summed E-state index contributed by atoms with van der Waals surface area (Å²) in [5, 5.41) is 9.83. The van der Waals surface area contributed by atoms with Gasteiger partial charge in [0, 0.05) is 32.4 Å². The first-order valence-electron chi connectivity index (χ1n) is 10.9. The van der Waals surface area contributed by atoms with Gasteiger partial charge in [-0.1, -0.05) is 17.7 Å². The SMILES string of the molecule is Cc1ccc(OC[C@@H](C)N(C)C(=O)Cn2cc(NC(=O)CCNc3ccnc(=O)[nH]3)cn2)cc1. The van der Waals surface area contributed by atoms with Gasteiger partial charge in [-0.25, -0.2) is 9.78 Å². The van der Waals surface area contributed by atoms with Crippen LogP contribution in [0.3, 0.4) is 0 Å². The quantitative estimate of drug-likeness (QED) is 0.390. The summed E-state index contributed by atoms with van der Waals surface area (Å²) in [4.78, 5) is 43.6. The van der Waals surface area contributed by atoms with Crippen molar-refractivity contribution in [2.24, 2.45) is 0 Å². The van der Waals surface area contributed by atoms with Gasteiger partial charge < -0.3 is 20.3 Å². The van der Waals surface area contributed by atoms with Crippen molar-refractivity contribution < 1.29 is 14.3 Å². The predicted molar refractivity (Wildman–Crippen MR) is 128 cm³/mol. The second kappa shape index (κ2) is 11.6. The van der Waals surface area contributed by atoms with Gasteiger partial charge in [0.15, 0.2) is 0 Å². The average molecular weight is 468 g/mol. The van der Waals surface area contributed by atoms with Crippen LogP contribution in [0.4, 0.5) is 11.5 Å². The normalized spacial score (nSPS) is 11.5. The highest BCUT2D eigenvalue weighted by Crippen LogP contribution is 2.13. The molecule has 3 aromatic rings. The number of likely N-dealkylation sites (N-methyl/N-ethyl adjacent to an activating group) is 1. The summed E-state index contributed by atoms with van der Waals surface area (Å²) in [6, 6.07) is 9.22. The molecule has 1 atom stereocenters. The molecule has 1 aromatic carbocycles. The van der Waals surface area contributed by atoms with E-state index >= 15 is 0 Å². The third-order valence-electron chi connectivity index (χ3n) is 5.12. The van der Waals surface area contributed by atoms with Gasteiger partial charge in [0.05, 0.1) is 17.9 Å².